The summed E-state index contributed by atoms with van der Waals surface area (Å²) in [5.41, 5.74) is 0.794. The van der Waals surface area contributed by atoms with E-state index in [0.717, 1.165) is 11.3 Å². The van der Waals surface area contributed by atoms with E-state index < -0.39 is 17.8 Å². The third-order valence-corrected chi connectivity index (χ3v) is 2.88. The third kappa shape index (κ3) is 3.44. The Labute approximate surface area is 121 Å². The predicted molar refractivity (Wildman–Crippen MR) is 75.6 cm³/mol. The molecule has 0 spiro atoms. The highest BCUT2D eigenvalue weighted by molar-refractivity contribution is 6.26. The molecule has 110 valence electrons. The first-order chi connectivity index (χ1) is 10.0. The Morgan fingerprint density at radius 3 is 2.76 bits per heavy atom. The van der Waals surface area contributed by atoms with Crippen LogP contribution in [0.1, 0.15) is 26.2 Å². The fourth-order valence-electron chi connectivity index (χ4n) is 1.98. The molecular weight excluding hydrogens is 274 g/mol. The number of amides is 5. The zero-order valence-corrected chi connectivity index (χ0v) is 11.5. The minimum absolute atomic E-state index is 0.140. The van der Waals surface area contributed by atoms with Gasteiger partial charge in [0.05, 0.1) is 5.69 Å². The van der Waals surface area contributed by atoms with Gasteiger partial charge in [-0.25, -0.2) is 9.69 Å². The number of rotatable bonds is 4. The zero-order valence-electron chi connectivity index (χ0n) is 11.5. The third-order valence-electron chi connectivity index (χ3n) is 2.88. The van der Waals surface area contributed by atoms with Gasteiger partial charge in [0.15, 0.2) is 0 Å². The van der Waals surface area contributed by atoms with Crippen LogP contribution < -0.4 is 15.5 Å². The smallest absolute Gasteiger partial charge is 0.326 e. The number of imide groups is 2. The molecular formula is C14H15N3O4. The van der Waals surface area contributed by atoms with Crippen LogP contribution in [0.25, 0.3) is 0 Å². The Hall–Kier alpha value is -2.70. The second-order valence-corrected chi connectivity index (χ2v) is 4.61. The lowest BCUT2D eigenvalue weighted by molar-refractivity contribution is -0.128. The maximum Gasteiger partial charge on any atom is 0.335 e. The summed E-state index contributed by atoms with van der Waals surface area (Å²) in [5.74, 6) is -1.35. The number of barbiturate groups is 1. The number of hydrogen-bond acceptors (Lipinski definition) is 4. The number of anilines is 2. The van der Waals surface area contributed by atoms with Crippen LogP contribution in [0.4, 0.5) is 16.2 Å². The van der Waals surface area contributed by atoms with Crippen molar-refractivity contribution < 1.29 is 19.2 Å². The van der Waals surface area contributed by atoms with Crippen molar-refractivity contribution >= 4 is 35.1 Å². The first-order valence-electron chi connectivity index (χ1n) is 6.58. The van der Waals surface area contributed by atoms with Crippen molar-refractivity contribution in [1.82, 2.24) is 5.32 Å². The largest absolute Gasteiger partial charge is 0.335 e. The molecule has 0 unspecified atom stereocenters. The van der Waals surface area contributed by atoms with Gasteiger partial charge in [0.25, 0.3) is 0 Å². The highest BCUT2D eigenvalue weighted by atomic mass is 16.2. The summed E-state index contributed by atoms with van der Waals surface area (Å²) in [5, 5.41) is 4.76. The summed E-state index contributed by atoms with van der Waals surface area (Å²) in [6, 6.07) is 5.57. The topological polar surface area (TPSA) is 95.6 Å². The average Bonchev–Trinajstić information content (AvgIpc) is 2.38. The van der Waals surface area contributed by atoms with Gasteiger partial charge in [-0.15, -0.1) is 0 Å². The van der Waals surface area contributed by atoms with E-state index in [0.29, 0.717) is 17.8 Å². The second-order valence-electron chi connectivity index (χ2n) is 4.61. The second kappa shape index (κ2) is 6.17. The van der Waals surface area contributed by atoms with Crippen LogP contribution in [0.2, 0.25) is 0 Å². The summed E-state index contributed by atoms with van der Waals surface area (Å²) in [6.07, 6.45) is 0.737. The van der Waals surface area contributed by atoms with Gasteiger partial charge in [0, 0.05) is 12.1 Å². The van der Waals surface area contributed by atoms with E-state index in [-0.39, 0.29) is 12.3 Å². The molecule has 2 N–H and O–H groups in total. The molecule has 7 nitrogen and oxygen atoms in total. The summed E-state index contributed by atoms with van der Waals surface area (Å²) in [4.78, 5) is 47.1. The van der Waals surface area contributed by atoms with Crippen LogP contribution in [0.15, 0.2) is 24.3 Å². The van der Waals surface area contributed by atoms with Crippen LogP contribution in [0.3, 0.4) is 0 Å². The Bertz CT molecular complexity index is 592. The number of nitrogens with one attached hydrogen (secondary N) is 2. The molecule has 5 amide bonds. The van der Waals surface area contributed by atoms with Gasteiger partial charge < -0.3 is 5.32 Å². The van der Waals surface area contributed by atoms with E-state index >= 15 is 0 Å². The number of carbonyl (C=O) groups is 4. The van der Waals surface area contributed by atoms with Crippen molar-refractivity contribution in [2.24, 2.45) is 0 Å². The first-order valence-corrected chi connectivity index (χ1v) is 6.58. The average molecular weight is 289 g/mol. The van der Waals surface area contributed by atoms with Gasteiger partial charge in [-0.1, -0.05) is 13.0 Å². The number of urea groups is 1. The van der Waals surface area contributed by atoms with Crippen LogP contribution in [0, 0.1) is 0 Å². The van der Waals surface area contributed by atoms with Crippen molar-refractivity contribution in [2.45, 2.75) is 26.2 Å². The lowest BCUT2D eigenvalue weighted by atomic mass is 10.2. The standard InChI is InChI=1S/C14H15N3O4/c1-2-4-11(18)15-9-5-3-6-10(7-9)17-13(20)8-12(19)16-14(17)21/h3,5-7H,2,4,8H2,1H3,(H,15,18)(H,16,19,21). The summed E-state index contributed by atoms with van der Waals surface area (Å²) in [6.45, 7) is 1.89. The van der Waals surface area contributed by atoms with Gasteiger partial charge in [-0.2, -0.15) is 0 Å². The van der Waals surface area contributed by atoms with Gasteiger partial charge in [-0.05, 0) is 24.6 Å². The van der Waals surface area contributed by atoms with Crippen molar-refractivity contribution in [2.75, 3.05) is 10.2 Å². The number of nitrogens with zero attached hydrogens (tertiary/aromatic N) is 1. The molecule has 0 atom stereocenters. The molecule has 0 aromatic heterocycles. The van der Waals surface area contributed by atoms with Crippen molar-refractivity contribution in [3.05, 3.63) is 24.3 Å². The minimum Gasteiger partial charge on any atom is -0.326 e. The molecule has 1 heterocycles. The van der Waals surface area contributed by atoms with Crippen molar-refractivity contribution in [3.63, 3.8) is 0 Å². The highest BCUT2D eigenvalue weighted by Gasteiger charge is 2.32. The molecule has 1 aromatic carbocycles. The number of hydrogen-bond donors (Lipinski definition) is 2. The molecule has 1 aromatic rings. The fraction of sp³-hybridized carbons (Fsp3) is 0.286. The Kier molecular flexibility index (Phi) is 4.32. The first kappa shape index (κ1) is 14.7. The van der Waals surface area contributed by atoms with Gasteiger partial charge in [-0.3, -0.25) is 19.7 Å². The van der Waals surface area contributed by atoms with Gasteiger partial charge >= 0.3 is 6.03 Å². The molecule has 1 saturated heterocycles. The maximum absolute atomic E-state index is 11.8. The number of carbonyl (C=O) groups excluding carboxylic acids is 4. The van der Waals surface area contributed by atoms with E-state index in [9.17, 15) is 19.2 Å². The molecule has 2 rings (SSSR count). The van der Waals surface area contributed by atoms with E-state index in [1.807, 2.05) is 6.92 Å². The maximum atomic E-state index is 11.8. The lowest BCUT2D eigenvalue weighted by Gasteiger charge is -2.25. The zero-order chi connectivity index (χ0) is 15.4. The van der Waals surface area contributed by atoms with Crippen LogP contribution in [-0.4, -0.2) is 23.8 Å². The molecule has 21 heavy (non-hydrogen) atoms. The number of benzene rings is 1. The molecule has 0 aliphatic carbocycles. The summed E-state index contributed by atoms with van der Waals surface area (Å²) < 4.78 is 0. The monoisotopic (exact) mass is 289 g/mol. The Morgan fingerprint density at radius 1 is 1.33 bits per heavy atom. The van der Waals surface area contributed by atoms with Crippen molar-refractivity contribution in [1.29, 1.82) is 0 Å². The summed E-state index contributed by atoms with van der Waals surface area (Å²) in [7, 11) is 0. The Balaban J connectivity index is 2.20. The van der Waals surface area contributed by atoms with E-state index in [2.05, 4.69) is 10.6 Å². The Morgan fingerprint density at radius 2 is 2.10 bits per heavy atom. The molecule has 7 heteroatoms. The highest BCUT2D eigenvalue weighted by Crippen LogP contribution is 2.22. The SMILES string of the molecule is CCCC(=O)Nc1cccc(N2C(=O)CC(=O)NC2=O)c1. The minimum atomic E-state index is -0.784. The quantitative estimate of drug-likeness (QED) is 0.819. The van der Waals surface area contributed by atoms with E-state index in [1.165, 1.54) is 6.07 Å². The van der Waals surface area contributed by atoms with E-state index in [4.69, 9.17) is 0 Å². The molecule has 1 aliphatic heterocycles. The molecule has 0 bridgehead atoms. The van der Waals surface area contributed by atoms with Crippen molar-refractivity contribution in [3.8, 4) is 0 Å². The molecule has 1 fully saturated rings. The van der Waals surface area contributed by atoms with Crippen LogP contribution >= 0.6 is 0 Å². The fourth-order valence-corrected chi connectivity index (χ4v) is 1.98. The molecule has 0 saturated carbocycles. The van der Waals surface area contributed by atoms with Gasteiger partial charge in [0.2, 0.25) is 17.7 Å². The van der Waals surface area contributed by atoms with Crippen LogP contribution in [0.5, 0.6) is 0 Å². The van der Waals surface area contributed by atoms with E-state index in [1.54, 1.807) is 18.2 Å². The lowest BCUT2D eigenvalue weighted by Crippen LogP contribution is -2.52. The van der Waals surface area contributed by atoms with Crippen LogP contribution in [-0.2, 0) is 14.4 Å². The normalized spacial score (nSPS) is 14.9. The van der Waals surface area contributed by atoms with Gasteiger partial charge in [0.1, 0.15) is 6.42 Å². The molecule has 0 radical (unpaired) electrons. The molecule has 1 aliphatic rings. The predicted octanol–water partition coefficient (Wildman–Crippen LogP) is 1.40. The summed E-state index contributed by atoms with van der Waals surface area (Å²) >= 11 is 0.